The highest BCUT2D eigenvalue weighted by Crippen LogP contribution is 2.29. The van der Waals surface area contributed by atoms with Crippen molar-refractivity contribution >= 4 is 0 Å². The predicted octanol–water partition coefficient (Wildman–Crippen LogP) is 4.07. The highest BCUT2D eigenvalue weighted by Gasteiger charge is 2.23. The van der Waals surface area contributed by atoms with Gasteiger partial charge in [0.15, 0.2) is 0 Å². The molecule has 114 valence electrons. The van der Waals surface area contributed by atoms with Crippen molar-refractivity contribution in [2.75, 3.05) is 13.1 Å². The molecule has 1 aliphatic carbocycles. The SMILES string of the molecule is CCC(CC)N(CC(C)C)CC(O)CC1CCCC1. The van der Waals surface area contributed by atoms with Crippen molar-refractivity contribution < 1.29 is 5.11 Å². The first-order chi connectivity index (χ1) is 9.06. The van der Waals surface area contributed by atoms with Crippen molar-refractivity contribution in [3.63, 3.8) is 0 Å². The maximum absolute atomic E-state index is 10.4. The van der Waals surface area contributed by atoms with E-state index >= 15 is 0 Å². The molecule has 1 fully saturated rings. The molecule has 1 aliphatic rings. The Labute approximate surface area is 120 Å². The lowest BCUT2D eigenvalue weighted by molar-refractivity contribution is 0.0608. The van der Waals surface area contributed by atoms with Crippen LogP contribution in [0, 0.1) is 11.8 Å². The molecule has 0 aliphatic heterocycles. The van der Waals surface area contributed by atoms with Crippen LogP contribution in [0.3, 0.4) is 0 Å². The van der Waals surface area contributed by atoms with Gasteiger partial charge in [0.25, 0.3) is 0 Å². The molecule has 1 N–H and O–H groups in total. The lowest BCUT2D eigenvalue weighted by atomic mass is 9.98. The third-order valence-electron chi connectivity index (χ3n) is 4.58. The van der Waals surface area contributed by atoms with Crippen LogP contribution in [0.15, 0.2) is 0 Å². The number of hydrogen-bond acceptors (Lipinski definition) is 2. The molecule has 19 heavy (non-hydrogen) atoms. The van der Waals surface area contributed by atoms with Gasteiger partial charge >= 0.3 is 0 Å². The normalized spacial score (nSPS) is 18.9. The second kappa shape index (κ2) is 8.97. The Kier molecular flexibility index (Phi) is 8.01. The maximum atomic E-state index is 10.4. The van der Waals surface area contributed by atoms with Gasteiger partial charge < -0.3 is 5.11 Å². The topological polar surface area (TPSA) is 23.5 Å². The molecule has 1 unspecified atom stereocenters. The zero-order chi connectivity index (χ0) is 14.3. The van der Waals surface area contributed by atoms with Crippen LogP contribution in [0.1, 0.15) is 72.6 Å². The second-order valence-electron chi connectivity index (χ2n) is 6.86. The van der Waals surface area contributed by atoms with E-state index in [1.807, 2.05) is 0 Å². The summed E-state index contributed by atoms with van der Waals surface area (Å²) in [5, 5.41) is 10.4. The van der Waals surface area contributed by atoms with Crippen LogP contribution in [-0.2, 0) is 0 Å². The largest absolute Gasteiger partial charge is 0.392 e. The van der Waals surface area contributed by atoms with Crippen molar-refractivity contribution in [3.8, 4) is 0 Å². The summed E-state index contributed by atoms with van der Waals surface area (Å²) in [5.74, 6) is 1.47. The lowest BCUT2D eigenvalue weighted by Crippen LogP contribution is -2.42. The zero-order valence-electron chi connectivity index (χ0n) is 13.6. The molecule has 0 bridgehead atoms. The Morgan fingerprint density at radius 1 is 1.05 bits per heavy atom. The fourth-order valence-corrected chi connectivity index (χ4v) is 3.62. The molecule has 0 heterocycles. The molecule has 0 aromatic heterocycles. The summed E-state index contributed by atoms with van der Waals surface area (Å²) in [4.78, 5) is 2.53. The van der Waals surface area contributed by atoms with Gasteiger partial charge in [-0.25, -0.2) is 0 Å². The Bertz CT molecular complexity index is 219. The van der Waals surface area contributed by atoms with Crippen LogP contribution in [0.25, 0.3) is 0 Å². The number of nitrogens with zero attached hydrogens (tertiary/aromatic N) is 1. The summed E-state index contributed by atoms with van der Waals surface area (Å²) in [6.45, 7) is 11.1. The van der Waals surface area contributed by atoms with Crippen LogP contribution < -0.4 is 0 Å². The first-order valence-electron chi connectivity index (χ1n) is 8.48. The Morgan fingerprint density at radius 2 is 1.63 bits per heavy atom. The molecular formula is C17H35NO. The predicted molar refractivity (Wildman–Crippen MR) is 83.4 cm³/mol. The highest BCUT2D eigenvalue weighted by atomic mass is 16.3. The minimum atomic E-state index is -0.123. The molecule has 0 amide bonds. The van der Waals surface area contributed by atoms with E-state index in [9.17, 15) is 5.11 Å². The maximum Gasteiger partial charge on any atom is 0.0669 e. The Hall–Kier alpha value is -0.0800. The van der Waals surface area contributed by atoms with Gasteiger partial charge in [-0.1, -0.05) is 53.4 Å². The fraction of sp³-hybridized carbons (Fsp3) is 1.00. The van der Waals surface area contributed by atoms with E-state index in [4.69, 9.17) is 0 Å². The van der Waals surface area contributed by atoms with Crippen molar-refractivity contribution in [2.45, 2.75) is 84.8 Å². The standard InChI is InChI=1S/C17H35NO/c1-5-16(6-2)18(12-14(3)4)13-17(19)11-15-9-7-8-10-15/h14-17,19H,5-13H2,1-4H3. The smallest absolute Gasteiger partial charge is 0.0669 e. The Morgan fingerprint density at radius 3 is 2.11 bits per heavy atom. The average molecular weight is 269 g/mol. The van der Waals surface area contributed by atoms with Crippen molar-refractivity contribution in [1.82, 2.24) is 4.90 Å². The average Bonchev–Trinajstić information content (AvgIpc) is 2.82. The van der Waals surface area contributed by atoms with Crippen LogP contribution >= 0.6 is 0 Å². The first kappa shape index (κ1) is 17.0. The highest BCUT2D eigenvalue weighted by molar-refractivity contribution is 4.77. The van der Waals surface area contributed by atoms with Crippen molar-refractivity contribution in [1.29, 1.82) is 0 Å². The molecule has 0 aromatic carbocycles. The van der Waals surface area contributed by atoms with E-state index in [2.05, 4.69) is 32.6 Å². The summed E-state index contributed by atoms with van der Waals surface area (Å²) in [6, 6.07) is 0.639. The minimum Gasteiger partial charge on any atom is -0.392 e. The molecular weight excluding hydrogens is 234 g/mol. The molecule has 1 rings (SSSR count). The van der Waals surface area contributed by atoms with Gasteiger partial charge in [0.2, 0.25) is 0 Å². The van der Waals surface area contributed by atoms with Crippen LogP contribution in [0.2, 0.25) is 0 Å². The molecule has 2 heteroatoms. The van der Waals surface area contributed by atoms with Gasteiger partial charge in [0.05, 0.1) is 6.10 Å². The van der Waals surface area contributed by atoms with Crippen LogP contribution in [0.4, 0.5) is 0 Å². The van der Waals surface area contributed by atoms with Crippen molar-refractivity contribution in [3.05, 3.63) is 0 Å². The van der Waals surface area contributed by atoms with Crippen LogP contribution in [-0.4, -0.2) is 35.2 Å². The number of aliphatic hydroxyl groups excluding tert-OH is 1. The molecule has 0 aromatic rings. The molecule has 0 saturated heterocycles. The number of rotatable bonds is 9. The molecule has 1 saturated carbocycles. The van der Waals surface area contributed by atoms with Gasteiger partial charge in [0.1, 0.15) is 0 Å². The van der Waals surface area contributed by atoms with E-state index in [-0.39, 0.29) is 6.10 Å². The molecule has 1 atom stereocenters. The number of hydrogen-bond donors (Lipinski definition) is 1. The second-order valence-corrected chi connectivity index (χ2v) is 6.86. The summed E-state index contributed by atoms with van der Waals surface area (Å²) in [5.41, 5.74) is 0. The van der Waals surface area contributed by atoms with Gasteiger partial charge in [-0.2, -0.15) is 0 Å². The van der Waals surface area contributed by atoms with Crippen LogP contribution in [0.5, 0.6) is 0 Å². The third-order valence-corrected chi connectivity index (χ3v) is 4.58. The summed E-state index contributed by atoms with van der Waals surface area (Å²) in [7, 11) is 0. The minimum absolute atomic E-state index is 0.123. The van der Waals surface area contributed by atoms with Gasteiger partial charge in [-0.05, 0) is 31.1 Å². The molecule has 0 radical (unpaired) electrons. The van der Waals surface area contributed by atoms with E-state index in [1.165, 1.54) is 38.5 Å². The third kappa shape index (κ3) is 6.27. The fourth-order valence-electron chi connectivity index (χ4n) is 3.62. The van der Waals surface area contributed by atoms with Gasteiger partial charge in [-0.15, -0.1) is 0 Å². The zero-order valence-corrected chi connectivity index (χ0v) is 13.6. The summed E-state index contributed by atoms with van der Waals surface area (Å²) >= 11 is 0. The van der Waals surface area contributed by atoms with Gasteiger partial charge in [-0.3, -0.25) is 4.90 Å². The molecule has 2 nitrogen and oxygen atoms in total. The van der Waals surface area contributed by atoms with E-state index < -0.39 is 0 Å². The van der Waals surface area contributed by atoms with Crippen molar-refractivity contribution in [2.24, 2.45) is 11.8 Å². The Balaban J connectivity index is 2.44. The lowest BCUT2D eigenvalue weighted by Gasteiger charge is -2.34. The monoisotopic (exact) mass is 269 g/mol. The molecule has 0 spiro atoms. The van der Waals surface area contributed by atoms with E-state index in [1.54, 1.807) is 0 Å². The van der Waals surface area contributed by atoms with E-state index in [0.717, 1.165) is 25.4 Å². The summed E-state index contributed by atoms with van der Waals surface area (Å²) < 4.78 is 0. The van der Waals surface area contributed by atoms with Gasteiger partial charge in [0, 0.05) is 19.1 Å². The first-order valence-corrected chi connectivity index (χ1v) is 8.48. The quantitative estimate of drug-likeness (QED) is 0.682. The van der Waals surface area contributed by atoms with E-state index in [0.29, 0.717) is 12.0 Å². The number of aliphatic hydroxyl groups is 1. The summed E-state index contributed by atoms with van der Waals surface area (Å²) in [6.07, 6.45) is 8.72.